The highest BCUT2D eigenvalue weighted by molar-refractivity contribution is 6.22. The van der Waals surface area contributed by atoms with Gasteiger partial charge in [0.1, 0.15) is 22.3 Å². The maximum absolute atomic E-state index is 6.55. The average Bonchev–Trinajstić information content (AvgIpc) is 4.12. The third-order valence-corrected chi connectivity index (χ3v) is 13.6. The Morgan fingerprint density at radius 2 is 0.774 bits per heavy atom. The van der Waals surface area contributed by atoms with Crippen molar-refractivity contribution in [2.75, 3.05) is 0 Å². The van der Waals surface area contributed by atoms with Crippen LogP contribution in [0.2, 0.25) is 0 Å². The lowest BCUT2D eigenvalue weighted by Crippen LogP contribution is -1.96. The molecule has 0 bridgehead atoms. The Kier molecular flexibility index (Phi) is 6.13. The zero-order valence-corrected chi connectivity index (χ0v) is 33.2. The summed E-state index contributed by atoms with van der Waals surface area (Å²) in [6, 6.07) is 70.7. The van der Waals surface area contributed by atoms with E-state index in [1.165, 1.54) is 65.7 Å². The topological polar surface area (TPSA) is 36.1 Å². The van der Waals surface area contributed by atoms with Crippen molar-refractivity contribution >= 4 is 98.3 Å². The lowest BCUT2D eigenvalue weighted by atomic mass is 9.99. The van der Waals surface area contributed by atoms with Gasteiger partial charge in [-0.3, -0.25) is 0 Å². The van der Waals surface area contributed by atoms with Gasteiger partial charge >= 0.3 is 0 Å². The number of hydrogen-bond acceptors (Lipinski definition) is 2. The first kappa shape index (κ1) is 32.5. The number of para-hydroxylation sites is 3. The summed E-state index contributed by atoms with van der Waals surface area (Å²) in [7, 11) is 0. The molecule has 4 heterocycles. The molecule has 15 rings (SSSR count). The molecule has 4 nitrogen and oxygen atoms in total. The van der Waals surface area contributed by atoms with E-state index in [4.69, 9.17) is 8.83 Å². The SMILES string of the molecule is c1ccc(-n2c3ccc(-c4ccc5c(c4)c4cc6c(cc4n5-c4ccc5c7c(cccc47)-c4ccccc4-5)oc4ccccc46)cc3c3cc4c(cc32)oc2ccccc24)cc1. The minimum absolute atomic E-state index is 0.890. The predicted molar refractivity (Wildman–Crippen MR) is 257 cm³/mol. The summed E-state index contributed by atoms with van der Waals surface area (Å²) < 4.78 is 17.8. The van der Waals surface area contributed by atoms with Gasteiger partial charge in [-0.15, -0.1) is 0 Å². The molecule has 0 radical (unpaired) electrons. The highest BCUT2D eigenvalue weighted by atomic mass is 16.3. The van der Waals surface area contributed by atoms with Crippen LogP contribution in [0.3, 0.4) is 0 Å². The molecule has 4 aromatic heterocycles. The first-order chi connectivity index (χ1) is 30.7. The van der Waals surface area contributed by atoms with Gasteiger partial charge in [-0.1, -0.05) is 115 Å². The number of rotatable bonds is 3. The van der Waals surface area contributed by atoms with Gasteiger partial charge in [-0.2, -0.15) is 0 Å². The van der Waals surface area contributed by atoms with Crippen LogP contribution in [0.4, 0.5) is 0 Å². The smallest absolute Gasteiger partial charge is 0.137 e. The average molecular weight is 789 g/mol. The van der Waals surface area contributed by atoms with Gasteiger partial charge in [0.05, 0.1) is 27.8 Å². The van der Waals surface area contributed by atoms with E-state index in [1.54, 1.807) is 0 Å². The van der Waals surface area contributed by atoms with Gasteiger partial charge in [0, 0.05) is 66.3 Å². The number of aromatic nitrogens is 2. The largest absolute Gasteiger partial charge is 0.456 e. The second-order valence-corrected chi connectivity index (χ2v) is 16.8. The van der Waals surface area contributed by atoms with Crippen LogP contribution >= 0.6 is 0 Å². The molecule has 0 N–H and O–H groups in total. The quantitative estimate of drug-likeness (QED) is 0.179. The molecule has 0 aliphatic heterocycles. The second-order valence-electron chi connectivity index (χ2n) is 16.8. The maximum Gasteiger partial charge on any atom is 0.137 e. The highest BCUT2D eigenvalue weighted by Gasteiger charge is 2.25. The first-order valence-corrected chi connectivity index (χ1v) is 21.2. The number of fused-ring (bicyclic) bond motifs is 15. The van der Waals surface area contributed by atoms with E-state index in [2.05, 4.69) is 191 Å². The highest BCUT2D eigenvalue weighted by Crippen LogP contribution is 2.50. The summed E-state index contributed by atoms with van der Waals surface area (Å²) in [6.45, 7) is 0. The molecule has 0 saturated carbocycles. The van der Waals surface area contributed by atoms with Crippen LogP contribution in [0.25, 0.3) is 143 Å². The number of benzene rings is 10. The van der Waals surface area contributed by atoms with E-state index in [9.17, 15) is 0 Å². The standard InChI is InChI=1S/C58H32N2O2/c1-2-11-35(12-3-1)59-50-24-21-33(27-43(50)45-29-47-38-15-6-8-19-54(38)61-56(47)31-52(45)59)34-22-25-51-44(28-34)46-30-48-39-16-7-9-20-55(39)62-57(48)32-53(46)60(51)49-26-23-41-37-14-5-4-13-36(37)40-17-10-18-42(49)58(40)41/h1-32H. The van der Waals surface area contributed by atoms with E-state index in [0.29, 0.717) is 0 Å². The molecule has 0 spiro atoms. The molecule has 10 aromatic carbocycles. The van der Waals surface area contributed by atoms with Crippen molar-refractivity contribution in [1.82, 2.24) is 9.13 Å². The first-order valence-electron chi connectivity index (χ1n) is 21.2. The Morgan fingerprint density at radius 1 is 0.274 bits per heavy atom. The monoisotopic (exact) mass is 788 g/mol. The van der Waals surface area contributed by atoms with E-state index in [0.717, 1.165) is 77.3 Å². The second kappa shape index (κ2) is 11.7. The Morgan fingerprint density at radius 3 is 1.42 bits per heavy atom. The molecule has 14 aromatic rings. The van der Waals surface area contributed by atoms with Gasteiger partial charge < -0.3 is 18.0 Å². The van der Waals surface area contributed by atoms with Crippen molar-refractivity contribution in [3.05, 3.63) is 194 Å². The van der Waals surface area contributed by atoms with E-state index < -0.39 is 0 Å². The van der Waals surface area contributed by atoms with Crippen LogP contribution in [-0.2, 0) is 0 Å². The molecule has 0 saturated heterocycles. The fraction of sp³-hybridized carbons (Fsp3) is 0. The van der Waals surface area contributed by atoms with Crippen molar-refractivity contribution in [3.63, 3.8) is 0 Å². The molecule has 0 atom stereocenters. The fourth-order valence-corrected chi connectivity index (χ4v) is 10.9. The van der Waals surface area contributed by atoms with E-state index in [1.807, 2.05) is 12.1 Å². The van der Waals surface area contributed by atoms with E-state index >= 15 is 0 Å². The molecular weight excluding hydrogens is 757 g/mol. The number of nitrogens with zero attached hydrogens (tertiary/aromatic N) is 2. The zero-order chi connectivity index (χ0) is 40.2. The minimum atomic E-state index is 0.890. The fourth-order valence-electron chi connectivity index (χ4n) is 10.9. The summed E-state index contributed by atoms with van der Waals surface area (Å²) in [6.07, 6.45) is 0. The normalized spacial score (nSPS) is 12.5. The zero-order valence-electron chi connectivity index (χ0n) is 33.2. The van der Waals surface area contributed by atoms with Gasteiger partial charge in [-0.25, -0.2) is 0 Å². The van der Waals surface area contributed by atoms with Gasteiger partial charge in [0.25, 0.3) is 0 Å². The Labute approximate surface area is 353 Å². The summed E-state index contributed by atoms with van der Waals surface area (Å²) in [5, 5.41) is 11.9. The van der Waals surface area contributed by atoms with Gasteiger partial charge in [0.15, 0.2) is 0 Å². The van der Waals surface area contributed by atoms with Crippen LogP contribution in [0.1, 0.15) is 0 Å². The molecule has 0 unspecified atom stereocenters. The van der Waals surface area contributed by atoms with Gasteiger partial charge in [0.2, 0.25) is 0 Å². The van der Waals surface area contributed by atoms with Crippen molar-refractivity contribution < 1.29 is 8.83 Å². The van der Waals surface area contributed by atoms with Crippen LogP contribution in [0.15, 0.2) is 203 Å². The molecule has 0 fully saturated rings. The summed E-state index contributed by atoms with van der Waals surface area (Å²) in [5.41, 5.74) is 18.0. The van der Waals surface area contributed by atoms with E-state index in [-0.39, 0.29) is 0 Å². The lowest BCUT2D eigenvalue weighted by molar-refractivity contribution is 0.669. The molecule has 62 heavy (non-hydrogen) atoms. The van der Waals surface area contributed by atoms with Crippen LogP contribution < -0.4 is 0 Å². The maximum atomic E-state index is 6.55. The summed E-state index contributed by atoms with van der Waals surface area (Å²) in [5.74, 6) is 0. The molecule has 1 aliphatic carbocycles. The Hall–Kier alpha value is -8.34. The molecule has 1 aliphatic rings. The van der Waals surface area contributed by atoms with Crippen molar-refractivity contribution in [1.29, 1.82) is 0 Å². The molecule has 4 heteroatoms. The van der Waals surface area contributed by atoms with Crippen molar-refractivity contribution in [2.45, 2.75) is 0 Å². The van der Waals surface area contributed by atoms with Gasteiger partial charge in [-0.05, 0) is 105 Å². The molecule has 0 amide bonds. The van der Waals surface area contributed by atoms with Crippen LogP contribution in [0, 0.1) is 0 Å². The predicted octanol–water partition coefficient (Wildman–Crippen LogP) is 16.1. The molecular formula is C58H32N2O2. The van der Waals surface area contributed by atoms with Crippen LogP contribution in [0.5, 0.6) is 0 Å². The van der Waals surface area contributed by atoms with Crippen molar-refractivity contribution in [2.24, 2.45) is 0 Å². The lowest BCUT2D eigenvalue weighted by Gasteiger charge is -2.13. The van der Waals surface area contributed by atoms with Crippen molar-refractivity contribution in [3.8, 4) is 44.8 Å². The minimum Gasteiger partial charge on any atom is -0.456 e. The summed E-state index contributed by atoms with van der Waals surface area (Å²) in [4.78, 5) is 0. The van der Waals surface area contributed by atoms with Crippen LogP contribution in [-0.4, -0.2) is 9.13 Å². The number of hydrogen-bond donors (Lipinski definition) is 0. The third kappa shape index (κ3) is 4.20. The Balaban J connectivity index is 1.00. The third-order valence-electron chi connectivity index (χ3n) is 13.6. The number of furan rings is 2. The molecule has 286 valence electrons. The summed E-state index contributed by atoms with van der Waals surface area (Å²) >= 11 is 0. The Bertz CT molecular complexity index is 4240.